The molecular formula is C15H16O3. The Hall–Kier alpha value is -2.03. The molecule has 0 aliphatic heterocycles. The molecule has 0 aliphatic carbocycles. The van der Waals surface area contributed by atoms with Crippen molar-refractivity contribution in [1.82, 2.24) is 0 Å². The minimum Gasteiger partial charge on any atom is -0.493 e. The van der Waals surface area contributed by atoms with E-state index in [1.807, 2.05) is 31.2 Å². The van der Waals surface area contributed by atoms with Crippen LogP contribution in [0.5, 0.6) is 5.75 Å². The molecule has 0 atom stereocenters. The number of carboxylic acids is 1. The summed E-state index contributed by atoms with van der Waals surface area (Å²) in [6, 6.07) is 12.1. The van der Waals surface area contributed by atoms with Crippen molar-refractivity contribution in [3.63, 3.8) is 0 Å². The Morgan fingerprint density at radius 2 is 2.00 bits per heavy atom. The monoisotopic (exact) mass is 244 g/mol. The Labute approximate surface area is 106 Å². The fourth-order valence-electron chi connectivity index (χ4n) is 1.97. The Kier molecular flexibility index (Phi) is 3.82. The SMILES string of the molecule is Cc1c(OCCCC(=O)O)ccc2ccccc12. The lowest BCUT2D eigenvalue weighted by molar-refractivity contribution is -0.137. The van der Waals surface area contributed by atoms with Crippen LogP contribution >= 0.6 is 0 Å². The van der Waals surface area contributed by atoms with Gasteiger partial charge in [-0.2, -0.15) is 0 Å². The number of hydrogen-bond acceptors (Lipinski definition) is 2. The molecule has 0 radical (unpaired) electrons. The van der Waals surface area contributed by atoms with Crippen LogP contribution in [0.3, 0.4) is 0 Å². The van der Waals surface area contributed by atoms with Crippen LogP contribution in [0.2, 0.25) is 0 Å². The fourth-order valence-corrected chi connectivity index (χ4v) is 1.97. The van der Waals surface area contributed by atoms with Crippen LogP contribution in [0.1, 0.15) is 18.4 Å². The van der Waals surface area contributed by atoms with Gasteiger partial charge >= 0.3 is 5.97 Å². The molecule has 0 aliphatic rings. The number of aryl methyl sites for hydroxylation is 1. The summed E-state index contributed by atoms with van der Waals surface area (Å²) in [6.45, 7) is 2.46. The maximum absolute atomic E-state index is 10.4. The number of aliphatic carboxylic acids is 1. The molecule has 0 saturated heterocycles. The van der Waals surface area contributed by atoms with Gasteiger partial charge in [-0.1, -0.05) is 30.3 Å². The largest absolute Gasteiger partial charge is 0.493 e. The van der Waals surface area contributed by atoms with Gasteiger partial charge in [-0.15, -0.1) is 0 Å². The molecule has 0 bridgehead atoms. The maximum atomic E-state index is 10.4. The Morgan fingerprint density at radius 1 is 1.22 bits per heavy atom. The third-order valence-electron chi connectivity index (χ3n) is 2.94. The number of carbonyl (C=O) groups is 1. The minimum atomic E-state index is -0.783. The van der Waals surface area contributed by atoms with E-state index in [2.05, 4.69) is 12.1 Å². The molecular weight excluding hydrogens is 228 g/mol. The van der Waals surface area contributed by atoms with E-state index in [1.54, 1.807) is 0 Å². The van der Waals surface area contributed by atoms with E-state index >= 15 is 0 Å². The van der Waals surface area contributed by atoms with Crippen LogP contribution in [0.25, 0.3) is 10.8 Å². The first kappa shape index (κ1) is 12.4. The van der Waals surface area contributed by atoms with Crippen molar-refractivity contribution in [2.75, 3.05) is 6.61 Å². The molecule has 0 heterocycles. The van der Waals surface area contributed by atoms with Gasteiger partial charge in [0.1, 0.15) is 5.75 Å². The summed E-state index contributed by atoms with van der Waals surface area (Å²) in [5.74, 6) is 0.0490. The second kappa shape index (κ2) is 5.54. The van der Waals surface area contributed by atoms with Crippen LogP contribution in [0, 0.1) is 6.92 Å². The summed E-state index contributed by atoms with van der Waals surface area (Å²) < 4.78 is 5.63. The molecule has 0 saturated carbocycles. The highest BCUT2D eigenvalue weighted by Crippen LogP contribution is 2.27. The first-order valence-electron chi connectivity index (χ1n) is 6.01. The minimum absolute atomic E-state index is 0.145. The van der Waals surface area contributed by atoms with Crippen molar-refractivity contribution in [3.8, 4) is 5.75 Å². The molecule has 0 spiro atoms. The van der Waals surface area contributed by atoms with E-state index in [9.17, 15) is 4.79 Å². The average molecular weight is 244 g/mol. The summed E-state index contributed by atoms with van der Waals surface area (Å²) >= 11 is 0. The number of benzene rings is 2. The van der Waals surface area contributed by atoms with Crippen molar-refractivity contribution in [2.24, 2.45) is 0 Å². The highest BCUT2D eigenvalue weighted by Gasteiger charge is 2.04. The highest BCUT2D eigenvalue weighted by atomic mass is 16.5. The summed E-state index contributed by atoms with van der Waals surface area (Å²) in [4.78, 5) is 10.4. The molecule has 2 aromatic carbocycles. The van der Waals surface area contributed by atoms with E-state index < -0.39 is 5.97 Å². The Morgan fingerprint density at radius 3 is 2.78 bits per heavy atom. The van der Waals surface area contributed by atoms with Crippen molar-refractivity contribution in [1.29, 1.82) is 0 Å². The van der Waals surface area contributed by atoms with Gasteiger partial charge in [0, 0.05) is 6.42 Å². The first-order chi connectivity index (χ1) is 8.68. The molecule has 0 amide bonds. The number of ether oxygens (including phenoxy) is 1. The van der Waals surface area contributed by atoms with Crippen LogP contribution in [-0.2, 0) is 4.79 Å². The topological polar surface area (TPSA) is 46.5 Å². The molecule has 2 rings (SSSR count). The summed E-state index contributed by atoms with van der Waals surface area (Å²) in [6.07, 6.45) is 0.675. The summed E-state index contributed by atoms with van der Waals surface area (Å²) in [5.41, 5.74) is 1.10. The molecule has 3 heteroatoms. The fraction of sp³-hybridized carbons (Fsp3) is 0.267. The lowest BCUT2D eigenvalue weighted by Gasteiger charge is -2.10. The van der Waals surface area contributed by atoms with Gasteiger partial charge in [-0.3, -0.25) is 4.79 Å². The zero-order chi connectivity index (χ0) is 13.0. The normalized spacial score (nSPS) is 10.5. The van der Waals surface area contributed by atoms with Crippen molar-refractivity contribution < 1.29 is 14.6 Å². The molecule has 2 aromatic rings. The van der Waals surface area contributed by atoms with Gasteiger partial charge in [0.25, 0.3) is 0 Å². The molecule has 0 aromatic heterocycles. The number of carboxylic acid groups (broad SMARTS) is 1. The van der Waals surface area contributed by atoms with Gasteiger partial charge in [0.2, 0.25) is 0 Å². The Bertz CT molecular complexity index is 561. The van der Waals surface area contributed by atoms with E-state index in [1.165, 1.54) is 10.8 Å². The molecule has 0 unspecified atom stereocenters. The zero-order valence-corrected chi connectivity index (χ0v) is 10.3. The van der Waals surface area contributed by atoms with Gasteiger partial charge in [0.05, 0.1) is 6.61 Å². The van der Waals surface area contributed by atoms with Crippen molar-refractivity contribution in [3.05, 3.63) is 42.0 Å². The molecule has 3 nitrogen and oxygen atoms in total. The average Bonchev–Trinajstić information content (AvgIpc) is 2.37. The van der Waals surface area contributed by atoms with Crippen LogP contribution in [-0.4, -0.2) is 17.7 Å². The van der Waals surface area contributed by atoms with Crippen LogP contribution in [0.15, 0.2) is 36.4 Å². The second-order valence-corrected chi connectivity index (χ2v) is 4.26. The molecule has 94 valence electrons. The van der Waals surface area contributed by atoms with Crippen molar-refractivity contribution in [2.45, 2.75) is 19.8 Å². The van der Waals surface area contributed by atoms with E-state index in [0.29, 0.717) is 13.0 Å². The van der Waals surface area contributed by atoms with E-state index in [0.717, 1.165) is 11.3 Å². The van der Waals surface area contributed by atoms with Gasteiger partial charge in [0.15, 0.2) is 0 Å². The smallest absolute Gasteiger partial charge is 0.303 e. The third kappa shape index (κ3) is 2.80. The van der Waals surface area contributed by atoms with Gasteiger partial charge < -0.3 is 9.84 Å². The zero-order valence-electron chi connectivity index (χ0n) is 10.3. The lowest BCUT2D eigenvalue weighted by atomic mass is 10.0. The maximum Gasteiger partial charge on any atom is 0.303 e. The lowest BCUT2D eigenvalue weighted by Crippen LogP contribution is -2.03. The van der Waals surface area contributed by atoms with Crippen molar-refractivity contribution >= 4 is 16.7 Å². The first-order valence-corrected chi connectivity index (χ1v) is 6.01. The predicted molar refractivity (Wildman–Crippen MR) is 71.0 cm³/mol. The number of rotatable bonds is 5. The van der Waals surface area contributed by atoms with Gasteiger partial charge in [-0.25, -0.2) is 0 Å². The van der Waals surface area contributed by atoms with Crippen LogP contribution < -0.4 is 4.74 Å². The summed E-state index contributed by atoms with van der Waals surface area (Å²) in [5, 5.41) is 10.9. The van der Waals surface area contributed by atoms with E-state index in [4.69, 9.17) is 9.84 Å². The second-order valence-electron chi connectivity index (χ2n) is 4.26. The molecule has 1 N–H and O–H groups in total. The van der Waals surface area contributed by atoms with E-state index in [-0.39, 0.29) is 6.42 Å². The summed E-state index contributed by atoms with van der Waals surface area (Å²) in [7, 11) is 0. The molecule has 18 heavy (non-hydrogen) atoms. The predicted octanol–water partition coefficient (Wildman–Crippen LogP) is 3.39. The molecule has 0 fully saturated rings. The third-order valence-corrected chi connectivity index (χ3v) is 2.94. The number of hydrogen-bond donors (Lipinski definition) is 1. The van der Waals surface area contributed by atoms with Gasteiger partial charge in [-0.05, 0) is 35.7 Å². The highest BCUT2D eigenvalue weighted by molar-refractivity contribution is 5.87. The van der Waals surface area contributed by atoms with Crippen LogP contribution in [0.4, 0.5) is 0 Å². The Balaban J connectivity index is 2.09. The quantitative estimate of drug-likeness (QED) is 0.820. The standard InChI is InChI=1S/C15H16O3/c1-11-13-6-3-2-5-12(13)8-9-14(11)18-10-4-7-15(16)17/h2-3,5-6,8-9H,4,7,10H2,1H3,(H,16,17). The number of fused-ring (bicyclic) bond motifs is 1.